The molecule has 0 unspecified atom stereocenters. The Labute approximate surface area is 102 Å². The molecule has 2 rings (SSSR count). The van der Waals surface area contributed by atoms with Gasteiger partial charge in [0.05, 0.1) is 5.56 Å². The van der Waals surface area contributed by atoms with Gasteiger partial charge in [0, 0.05) is 5.02 Å². The number of benzene rings is 2. The van der Waals surface area contributed by atoms with E-state index in [1.807, 2.05) is 0 Å². The molecule has 0 fully saturated rings. The third kappa shape index (κ3) is 2.80. The van der Waals surface area contributed by atoms with Crippen LogP contribution in [-0.2, 0) is 6.18 Å². The molecular formula is C13H8ClF3. The van der Waals surface area contributed by atoms with Crippen molar-refractivity contribution in [1.29, 1.82) is 0 Å². The SMILES string of the molecule is FC(F)(F)c1cc(Cl)cc(-c2ccccc2)c1. The van der Waals surface area contributed by atoms with E-state index in [1.165, 1.54) is 6.07 Å². The van der Waals surface area contributed by atoms with Crippen molar-refractivity contribution in [3.63, 3.8) is 0 Å². The summed E-state index contributed by atoms with van der Waals surface area (Å²) < 4.78 is 37.8. The summed E-state index contributed by atoms with van der Waals surface area (Å²) in [6, 6.07) is 12.4. The van der Waals surface area contributed by atoms with Crippen molar-refractivity contribution < 1.29 is 13.2 Å². The van der Waals surface area contributed by atoms with Crippen molar-refractivity contribution >= 4 is 11.6 Å². The molecule has 0 aliphatic rings. The summed E-state index contributed by atoms with van der Waals surface area (Å²) in [6.07, 6.45) is -4.38. The van der Waals surface area contributed by atoms with E-state index in [9.17, 15) is 13.2 Å². The highest BCUT2D eigenvalue weighted by Crippen LogP contribution is 2.34. The van der Waals surface area contributed by atoms with Crippen LogP contribution < -0.4 is 0 Å². The van der Waals surface area contributed by atoms with Crippen LogP contribution in [0.2, 0.25) is 5.02 Å². The van der Waals surface area contributed by atoms with Crippen molar-refractivity contribution in [2.75, 3.05) is 0 Å². The van der Waals surface area contributed by atoms with E-state index in [2.05, 4.69) is 0 Å². The maximum absolute atomic E-state index is 12.6. The first kappa shape index (κ1) is 12.0. The van der Waals surface area contributed by atoms with Crippen LogP contribution in [0.5, 0.6) is 0 Å². The van der Waals surface area contributed by atoms with Crippen LogP contribution in [0.3, 0.4) is 0 Å². The first-order valence-corrected chi connectivity index (χ1v) is 5.28. The lowest BCUT2D eigenvalue weighted by Crippen LogP contribution is -2.04. The van der Waals surface area contributed by atoms with Gasteiger partial charge in [-0.1, -0.05) is 41.9 Å². The normalized spacial score (nSPS) is 11.5. The van der Waals surface area contributed by atoms with Crippen molar-refractivity contribution in [3.05, 3.63) is 59.1 Å². The predicted octanol–water partition coefficient (Wildman–Crippen LogP) is 5.03. The minimum absolute atomic E-state index is 0.0821. The van der Waals surface area contributed by atoms with Crippen LogP contribution in [0, 0.1) is 0 Å². The Bertz CT molecular complexity index is 518. The molecule has 0 heterocycles. The second-order valence-corrected chi connectivity index (χ2v) is 4.03. The Morgan fingerprint density at radius 1 is 0.824 bits per heavy atom. The number of hydrogen-bond donors (Lipinski definition) is 0. The highest BCUT2D eigenvalue weighted by Gasteiger charge is 2.31. The number of alkyl halides is 3. The molecule has 0 aliphatic carbocycles. The lowest BCUT2D eigenvalue weighted by Gasteiger charge is -2.10. The minimum Gasteiger partial charge on any atom is -0.166 e. The van der Waals surface area contributed by atoms with Crippen LogP contribution in [-0.4, -0.2) is 0 Å². The molecule has 0 radical (unpaired) electrons. The van der Waals surface area contributed by atoms with E-state index in [-0.39, 0.29) is 5.02 Å². The summed E-state index contributed by atoms with van der Waals surface area (Å²) in [5, 5.41) is 0.0821. The predicted molar refractivity (Wildman–Crippen MR) is 61.9 cm³/mol. The average molecular weight is 257 g/mol. The molecule has 0 nitrogen and oxygen atoms in total. The van der Waals surface area contributed by atoms with E-state index in [1.54, 1.807) is 30.3 Å². The third-order valence-corrected chi connectivity index (χ3v) is 2.55. The van der Waals surface area contributed by atoms with Crippen LogP contribution >= 0.6 is 11.6 Å². The maximum Gasteiger partial charge on any atom is 0.416 e. The van der Waals surface area contributed by atoms with E-state index in [4.69, 9.17) is 11.6 Å². The Morgan fingerprint density at radius 2 is 1.47 bits per heavy atom. The third-order valence-electron chi connectivity index (χ3n) is 2.33. The van der Waals surface area contributed by atoms with Gasteiger partial charge in [0.15, 0.2) is 0 Å². The summed E-state index contributed by atoms with van der Waals surface area (Å²) in [5.74, 6) is 0. The molecule has 0 amide bonds. The Balaban J connectivity index is 2.54. The largest absolute Gasteiger partial charge is 0.416 e. The quantitative estimate of drug-likeness (QED) is 0.672. The topological polar surface area (TPSA) is 0 Å². The standard InChI is InChI=1S/C13H8ClF3/c14-12-7-10(9-4-2-1-3-5-9)6-11(8-12)13(15,16)17/h1-8H. The highest BCUT2D eigenvalue weighted by molar-refractivity contribution is 6.31. The molecule has 0 aromatic heterocycles. The van der Waals surface area contributed by atoms with Gasteiger partial charge in [0.2, 0.25) is 0 Å². The number of halogens is 4. The maximum atomic E-state index is 12.6. The lowest BCUT2D eigenvalue weighted by atomic mass is 10.0. The smallest absolute Gasteiger partial charge is 0.166 e. The zero-order valence-corrected chi connectivity index (χ0v) is 9.39. The summed E-state index contributed by atoms with van der Waals surface area (Å²) in [7, 11) is 0. The van der Waals surface area contributed by atoms with Crippen molar-refractivity contribution in [1.82, 2.24) is 0 Å². The van der Waals surface area contributed by atoms with Gasteiger partial charge in [-0.25, -0.2) is 0 Å². The van der Waals surface area contributed by atoms with E-state index in [0.717, 1.165) is 12.1 Å². The number of rotatable bonds is 1. The molecule has 17 heavy (non-hydrogen) atoms. The summed E-state index contributed by atoms with van der Waals surface area (Å²) in [6.45, 7) is 0. The molecule has 0 atom stereocenters. The monoisotopic (exact) mass is 256 g/mol. The highest BCUT2D eigenvalue weighted by atomic mass is 35.5. The minimum atomic E-state index is -4.38. The molecule has 0 spiro atoms. The summed E-state index contributed by atoms with van der Waals surface area (Å²) in [4.78, 5) is 0. The van der Waals surface area contributed by atoms with Crippen molar-refractivity contribution in [2.24, 2.45) is 0 Å². The van der Waals surface area contributed by atoms with Gasteiger partial charge in [-0.15, -0.1) is 0 Å². The van der Waals surface area contributed by atoms with Gasteiger partial charge in [0.1, 0.15) is 0 Å². The van der Waals surface area contributed by atoms with E-state index in [0.29, 0.717) is 11.1 Å². The van der Waals surface area contributed by atoms with Crippen molar-refractivity contribution in [3.8, 4) is 11.1 Å². The molecule has 0 bridgehead atoms. The van der Waals surface area contributed by atoms with Crippen LogP contribution in [0.15, 0.2) is 48.5 Å². The Kier molecular flexibility index (Phi) is 3.11. The lowest BCUT2D eigenvalue weighted by molar-refractivity contribution is -0.137. The second-order valence-electron chi connectivity index (χ2n) is 3.59. The average Bonchev–Trinajstić information content (AvgIpc) is 2.28. The Hall–Kier alpha value is -1.48. The van der Waals surface area contributed by atoms with Gasteiger partial charge in [-0.2, -0.15) is 13.2 Å². The van der Waals surface area contributed by atoms with Crippen LogP contribution in [0.4, 0.5) is 13.2 Å². The van der Waals surface area contributed by atoms with Crippen LogP contribution in [0.25, 0.3) is 11.1 Å². The molecule has 0 saturated carbocycles. The molecule has 88 valence electrons. The second kappa shape index (κ2) is 4.41. The summed E-state index contributed by atoms with van der Waals surface area (Å²) >= 11 is 5.71. The molecule has 2 aromatic rings. The van der Waals surface area contributed by atoms with Crippen molar-refractivity contribution in [2.45, 2.75) is 6.18 Å². The van der Waals surface area contributed by atoms with Crippen LogP contribution in [0.1, 0.15) is 5.56 Å². The van der Waals surface area contributed by atoms with Gasteiger partial charge in [-0.3, -0.25) is 0 Å². The Morgan fingerprint density at radius 3 is 2.06 bits per heavy atom. The fraction of sp³-hybridized carbons (Fsp3) is 0.0769. The molecule has 0 aliphatic heterocycles. The van der Waals surface area contributed by atoms with Gasteiger partial charge >= 0.3 is 6.18 Å². The van der Waals surface area contributed by atoms with Gasteiger partial charge in [0.25, 0.3) is 0 Å². The van der Waals surface area contributed by atoms with Gasteiger partial charge in [-0.05, 0) is 29.3 Å². The molecule has 4 heteroatoms. The number of hydrogen-bond acceptors (Lipinski definition) is 0. The van der Waals surface area contributed by atoms with E-state index >= 15 is 0 Å². The molecular weight excluding hydrogens is 249 g/mol. The zero-order valence-electron chi connectivity index (χ0n) is 8.63. The molecule has 0 saturated heterocycles. The first-order valence-electron chi connectivity index (χ1n) is 4.90. The summed E-state index contributed by atoms with van der Waals surface area (Å²) in [5.41, 5.74) is 0.440. The molecule has 0 N–H and O–H groups in total. The van der Waals surface area contributed by atoms with Gasteiger partial charge < -0.3 is 0 Å². The molecule has 2 aromatic carbocycles. The first-order chi connectivity index (χ1) is 7.97. The zero-order chi connectivity index (χ0) is 12.5. The fourth-order valence-corrected chi connectivity index (χ4v) is 1.79. The van der Waals surface area contributed by atoms with E-state index < -0.39 is 11.7 Å². The fourth-order valence-electron chi connectivity index (χ4n) is 1.55.